The lowest BCUT2D eigenvalue weighted by Gasteiger charge is -2.08. The zero-order valence-electron chi connectivity index (χ0n) is 11.5. The Labute approximate surface area is 134 Å². The maximum absolute atomic E-state index is 11.4. The zero-order valence-corrected chi connectivity index (χ0v) is 14.0. The highest BCUT2D eigenvalue weighted by Crippen LogP contribution is 2.40. The predicted octanol–water partition coefficient (Wildman–Crippen LogP) is 4.14. The van der Waals surface area contributed by atoms with Crippen LogP contribution in [-0.4, -0.2) is 27.9 Å². The fraction of sp³-hybridized carbons (Fsp3) is 0.333. The van der Waals surface area contributed by atoms with E-state index in [-0.39, 0.29) is 10.6 Å². The molecule has 0 amide bonds. The molecule has 0 aliphatic carbocycles. The monoisotopic (exact) mass is 342 g/mol. The Morgan fingerprint density at radius 3 is 2.76 bits per heavy atom. The Kier molecular flexibility index (Phi) is 5.83. The van der Waals surface area contributed by atoms with Crippen LogP contribution in [0.25, 0.3) is 0 Å². The summed E-state index contributed by atoms with van der Waals surface area (Å²) in [7, 11) is 0. The van der Waals surface area contributed by atoms with Crippen LogP contribution in [0.4, 0.5) is 11.4 Å². The van der Waals surface area contributed by atoms with E-state index in [1.54, 1.807) is 12.1 Å². The molecule has 0 saturated heterocycles. The average Bonchev–Trinajstić information content (AvgIpc) is 2.92. The van der Waals surface area contributed by atoms with Gasteiger partial charge in [-0.25, -0.2) is 0 Å². The Balaban J connectivity index is 2.31. The highest BCUT2D eigenvalue weighted by Gasteiger charge is 2.21. The lowest BCUT2D eigenvalue weighted by Crippen LogP contribution is -2.03. The quantitative estimate of drug-likeness (QED) is 0.460. The molecule has 2 rings (SSSR count). The van der Waals surface area contributed by atoms with Gasteiger partial charge in [-0.2, -0.15) is 0 Å². The molecule has 0 aliphatic heterocycles. The van der Waals surface area contributed by atoms with E-state index in [1.165, 1.54) is 34.9 Å². The SMILES string of the molecule is CCCNc1cccc(Sc2nnc(SC)s2)c1[N+](=O)[O-]. The third kappa shape index (κ3) is 4.08. The zero-order chi connectivity index (χ0) is 15.2. The van der Waals surface area contributed by atoms with Crippen LogP contribution in [0.15, 0.2) is 31.8 Å². The minimum Gasteiger partial charge on any atom is -0.379 e. The van der Waals surface area contributed by atoms with Crippen molar-refractivity contribution < 1.29 is 4.92 Å². The van der Waals surface area contributed by atoms with Crippen molar-refractivity contribution in [3.05, 3.63) is 28.3 Å². The van der Waals surface area contributed by atoms with Gasteiger partial charge in [-0.1, -0.05) is 36.1 Å². The number of hydrogen-bond acceptors (Lipinski definition) is 8. The first-order valence-electron chi connectivity index (χ1n) is 6.22. The van der Waals surface area contributed by atoms with Crippen molar-refractivity contribution in [3.8, 4) is 0 Å². The number of nitro benzene ring substituents is 1. The van der Waals surface area contributed by atoms with E-state index >= 15 is 0 Å². The van der Waals surface area contributed by atoms with E-state index in [0.717, 1.165) is 10.8 Å². The number of nitrogens with zero attached hydrogens (tertiary/aromatic N) is 3. The van der Waals surface area contributed by atoms with Crippen LogP contribution in [0, 0.1) is 10.1 Å². The second-order valence-electron chi connectivity index (χ2n) is 3.98. The second-order valence-corrected chi connectivity index (χ2v) is 7.30. The number of hydrogen-bond donors (Lipinski definition) is 1. The molecule has 0 spiro atoms. The molecule has 21 heavy (non-hydrogen) atoms. The van der Waals surface area contributed by atoms with Crippen molar-refractivity contribution in [2.24, 2.45) is 0 Å². The van der Waals surface area contributed by atoms with Crippen LogP contribution in [-0.2, 0) is 0 Å². The van der Waals surface area contributed by atoms with Crippen LogP contribution in [0.1, 0.15) is 13.3 Å². The molecule has 0 aliphatic rings. The molecule has 0 unspecified atom stereocenters. The molecular formula is C12H14N4O2S3. The number of nitro groups is 1. The van der Waals surface area contributed by atoms with Gasteiger partial charge in [0.2, 0.25) is 0 Å². The van der Waals surface area contributed by atoms with Crippen molar-refractivity contribution >= 4 is 46.2 Å². The van der Waals surface area contributed by atoms with Gasteiger partial charge in [-0.05, 0) is 36.6 Å². The standard InChI is InChI=1S/C12H14N4O2S3/c1-3-7-13-8-5-4-6-9(10(8)16(17)18)20-12-15-14-11(19-2)21-12/h4-6,13H,3,7H2,1-2H3. The molecule has 6 nitrogen and oxygen atoms in total. The Morgan fingerprint density at radius 2 is 2.14 bits per heavy atom. The number of thioether (sulfide) groups is 1. The minimum atomic E-state index is -0.350. The third-order valence-corrected chi connectivity index (χ3v) is 5.51. The van der Waals surface area contributed by atoms with Gasteiger partial charge in [-0.15, -0.1) is 10.2 Å². The highest BCUT2D eigenvalue weighted by atomic mass is 32.2. The summed E-state index contributed by atoms with van der Waals surface area (Å²) in [5.74, 6) is 0. The maximum Gasteiger partial charge on any atom is 0.306 e. The molecule has 0 fully saturated rings. The second kappa shape index (κ2) is 7.62. The molecule has 112 valence electrons. The molecule has 0 radical (unpaired) electrons. The van der Waals surface area contributed by atoms with Crippen molar-refractivity contribution in [3.63, 3.8) is 0 Å². The summed E-state index contributed by atoms with van der Waals surface area (Å²) >= 11 is 4.22. The van der Waals surface area contributed by atoms with Crippen molar-refractivity contribution in [1.82, 2.24) is 10.2 Å². The van der Waals surface area contributed by atoms with Gasteiger partial charge in [0, 0.05) is 6.54 Å². The van der Waals surface area contributed by atoms with Gasteiger partial charge in [-0.3, -0.25) is 10.1 Å². The van der Waals surface area contributed by atoms with E-state index in [0.29, 0.717) is 21.5 Å². The Morgan fingerprint density at radius 1 is 1.38 bits per heavy atom. The van der Waals surface area contributed by atoms with Crippen molar-refractivity contribution in [1.29, 1.82) is 0 Å². The smallest absolute Gasteiger partial charge is 0.306 e. The summed E-state index contributed by atoms with van der Waals surface area (Å²) in [5, 5.41) is 22.5. The Bertz CT molecular complexity index is 633. The summed E-state index contributed by atoms with van der Waals surface area (Å²) < 4.78 is 1.55. The molecular weight excluding hydrogens is 328 g/mol. The number of nitrogens with one attached hydrogen (secondary N) is 1. The number of aromatic nitrogens is 2. The number of rotatable bonds is 7. The van der Waals surface area contributed by atoms with Crippen LogP contribution in [0.5, 0.6) is 0 Å². The first-order chi connectivity index (χ1) is 10.2. The minimum absolute atomic E-state index is 0.0943. The van der Waals surface area contributed by atoms with Gasteiger partial charge >= 0.3 is 5.69 Å². The van der Waals surface area contributed by atoms with Gasteiger partial charge in [0.05, 0.1) is 9.82 Å². The molecule has 0 bridgehead atoms. The van der Waals surface area contributed by atoms with Gasteiger partial charge < -0.3 is 5.32 Å². The fourth-order valence-electron chi connectivity index (χ4n) is 1.61. The average molecular weight is 342 g/mol. The molecule has 1 heterocycles. The van der Waals surface area contributed by atoms with E-state index < -0.39 is 0 Å². The number of benzene rings is 1. The number of anilines is 1. The largest absolute Gasteiger partial charge is 0.379 e. The summed E-state index contributed by atoms with van der Waals surface area (Å²) in [4.78, 5) is 11.6. The van der Waals surface area contributed by atoms with Crippen molar-refractivity contribution in [2.75, 3.05) is 18.1 Å². The normalized spacial score (nSPS) is 10.6. The molecule has 1 N–H and O–H groups in total. The van der Waals surface area contributed by atoms with Gasteiger partial charge in [0.25, 0.3) is 0 Å². The van der Waals surface area contributed by atoms with E-state index in [9.17, 15) is 10.1 Å². The third-order valence-electron chi connectivity index (χ3n) is 2.51. The summed E-state index contributed by atoms with van der Waals surface area (Å²) in [6.07, 6.45) is 2.83. The molecule has 1 aromatic heterocycles. The van der Waals surface area contributed by atoms with E-state index in [2.05, 4.69) is 15.5 Å². The summed E-state index contributed by atoms with van der Waals surface area (Å²) in [6.45, 7) is 2.72. The first-order valence-corrected chi connectivity index (χ1v) is 9.08. The molecule has 0 atom stereocenters. The van der Waals surface area contributed by atoms with Crippen LogP contribution >= 0.6 is 34.9 Å². The van der Waals surface area contributed by atoms with Crippen LogP contribution in [0.3, 0.4) is 0 Å². The van der Waals surface area contributed by atoms with Gasteiger partial charge in [0.15, 0.2) is 8.68 Å². The molecule has 9 heteroatoms. The van der Waals surface area contributed by atoms with Crippen LogP contribution < -0.4 is 5.32 Å². The highest BCUT2D eigenvalue weighted by molar-refractivity contribution is 8.03. The van der Waals surface area contributed by atoms with Crippen molar-refractivity contribution in [2.45, 2.75) is 26.9 Å². The van der Waals surface area contributed by atoms with Crippen LogP contribution in [0.2, 0.25) is 0 Å². The predicted molar refractivity (Wildman–Crippen MR) is 87.7 cm³/mol. The van der Waals surface area contributed by atoms with E-state index in [1.807, 2.05) is 19.2 Å². The lowest BCUT2D eigenvalue weighted by molar-refractivity contribution is -0.386. The molecule has 0 saturated carbocycles. The fourth-order valence-corrected chi connectivity index (χ4v) is 4.14. The van der Waals surface area contributed by atoms with E-state index in [4.69, 9.17) is 0 Å². The first kappa shape index (κ1) is 16.1. The summed E-state index contributed by atoms with van der Waals surface area (Å²) in [6, 6.07) is 5.27. The van der Waals surface area contributed by atoms with Gasteiger partial charge in [0.1, 0.15) is 5.69 Å². The topological polar surface area (TPSA) is 81.0 Å². The Hall–Kier alpha value is -1.32. The summed E-state index contributed by atoms with van der Waals surface area (Å²) in [5.41, 5.74) is 0.637. The molecule has 2 aromatic rings. The lowest BCUT2D eigenvalue weighted by atomic mass is 10.2. The molecule has 1 aromatic carbocycles. The number of para-hydroxylation sites is 1. The maximum atomic E-state index is 11.4.